The van der Waals surface area contributed by atoms with Crippen LogP contribution < -0.4 is 0 Å². The van der Waals surface area contributed by atoms with Crippen molar-refractivity contribution in [1.29, 1.82) is 0 Å². The zero-order valence-corrected chi connectivity index (χ0v) is 10.5. The highest BCUT2D eigenvalue weighted by molar-refractivity contribution is 5.43. The Labute approximate surface area is 93.7 Å². The van der Waals surface area contributed by atoms with Gasteiger partial charge in [0, 0.05) is 0 Å². The molecule has 1 aromatic carbocycles. The van der Waals surface area contributed by atoms with Crippen LogP contribution in [-0.4, -0.2) is 0 Å². The zero-order valence-electron chi connectivity index (χ0n) is 10.5. The molecule has 82 valence electrons. The summed E-state index contributed by atoms with van der Waals surface area (Å²) in [6.07, 6.45) is 0. The fourth-order valence-electron chi connectivity index (χ4n) is 3.27. The molecule has 0 radical (unpaired) electrons. The van der Waals surface area contributed by atoms with E-state index in [4.69, 9.17) is 0 Å². The average Bonchev–Trinajstić information content (AvgIpc) is 2.36. The van der Waals surface area contributed by atoms with Gasteiger partial charge in [0.25, 0.3) is 0 Å². The first kappa shape index (κ1) is 10.7. The molecule has 0 amide bonds. The minimum atomic E-state index is 0.339. The third kappa shape index (κ3) is 1.42. The maximum Gasteiger partial charge on any atom is -0.00692 e. The summed E-state index contributed by atoms with van der Waals surface area (Å²) in [4.78, 5) is 0. The van der Waals surface area contributed by atoms with Gasteiger partial charge in [-0.3, -0.25) is 0 Å². The quantitative estimate of drug-likeness (QED) is 0.635. The van der Waals surface area contributed by atoms with Crippen LogP contribution in [0.15, 0.2) is 24.3 Å². The lowest BCUT2D eigenvalue weighted by atomic mass is 9.74. The van der Waals surface area contributed by atoms with Crippen molar-refractivity contribution < 1.29 is 0 Å². The van der Waals surface area contributed by atoms with Crippen LogP contribution in [0.4, 0.5) is 0 Å². The largest absolute Gasteiger partial charge is 0.0622 e. The Morgan fingerprint density at radius 1 is 1.13 bits per heavy atom. The van der Waals surface area contributed by atoms with Crippen molar-refractivity contribution in [3.05, 3.63) is 35.4 Å². The van der Waals surface area contributed by atoms with Crippen molar-refractivity contribution >= 4 is 0 Å². The predicted molar refractivity (Wildman–Crippen MR) is 66.2 cm³/mol. The summed E-state index contributed by atoms with van der Waals surface area (Å²) in [5.41, 5.74) is 3.49. The molecule has 2 rings (SSSR count). The van der Waals surface area contributed by atoms with Crippen LogP contribution in [-0.2, 0) is 5.41 Å². The lowest BCUT2D eigenvalue weighted by Gasteiger charge is -2.29. The zero-order chi connectivity index (χ0) is 11.2. The highest BCUT2D eigenvalue weighted by atomic mass is 14.5. The standard InChI is InChI=1S/C15H22/c1-10(2)14-11(3)15(4,5)13-9-7-6-8-12(13)14/h6-11,14H,1-5H3. The van der Waals surface area contributed by atoms with Gasteiger partial charge in [-0.15, -0.1) is 0 Å². The first-order valence-corrected chi connectivity index (χ1v) is 6.05. The van der Waals surface area contributed by atoms with Crippen LogP contribution in [0.1, 0.15) is 51.7 Å². The van der Waals surface area contributed by atoms with Gasteiger partial charge in [0.1, 0.15) is 0 Å². The van der Waals surface area contributed by atoms with E-state index in [-0.39, 0.29) is 0 Å². The Kier molecular flexibility index (Phi) is 2.41. The molecule has 0 aliphatic heterocycles. The monoisotopic (exact) mass is 202 g/mol. The van der Waals surface area contributed by atoms with E-state index < -0.39 is 0 Å². The molecule has 1 aliphatic carbocycles. The second-order valence-corrected chi connectivity index (χ2v) is 5.87. The molecule has 0 nitrogen and oxygen atoms in total. The Morgan fingerprint density at radius 2 is 1.73 bits per heavy atom. The van der Waals surface area contributed by atoms with E-state index in [0.29, 0.717) is 5.41 Å². The topological polar surface area (TPSA) is 0 Å². The molecule has 0 N–H and O–H groups in total. The van der Waals surface area contributed by atoms with Crippen molar-refractivity contribution in [1.82, 2.24) is 0 Å². The number of rotatable bonds is 1. The minimum Gasteiger partial charge on any atom is -0.0622 e. The maximum absolute atomic E-state index is 2.41. The summed E-state index contributed by atoms with van der Waals surface area (Å²) < 4.78 is 0. The fraction of sp³-hybridized carbons (Fsp3) is 0.600. The molecule has 0 spiro atoms. The van der Waals surface area contributed by atoms with Crippen molar-refractivity contribution in [3.63, 3.8) is 0 Å². The molecule has 0 saturated carbocycles. The van der Waals surface area contributed by atoms with Gasteiger partial charge in [-0.1, -0.05) is 58.9 Å². The highest BCUT2D eigenvalue weighted by Gasteiger charge is 2.44. The minimum absolute atomic E-state index is 0.339. The van der Waals surface area contributed by atoms with Crippen molar-refractivity contribution in [2.75, 3.05) is 0 Å². The van der Waals surface area contributed by atoms with Crippen molar-refractivity contribution in [2.45, 2.75) is 46.0 Å². The molecular formula is C15H22. The van der Waals surface area contributed by atoms with Gasteiger partial charge in [-0.25, -0.2) is 0 Å². The molecule has 0 fully saturated rings. The van der Waals surface area contributed by atoms with Gasteiger partial charge in [-0.05, 0) is 34.3 Å². The van der Waals surface area contributed by atoms with E-state index in [9.17, 15) is 0 Å². The summed E-state index contributed by atoms with van der Waals surface area (Å²) in [5, 5.41) is 0. The molecule has 0 heteroatoms. The van der Waals surface area contributed by atoms with Crippen LogP contribution in [0.5, 0.6) is 0 Å². The van der Waals surface area contributed by atoms with Gasteiger partial charge in [0.15, 0.2) is 0 Å². The number of benzene rings is 1. The molecule has 0 aromatic heterocycles. The molecule has 1 aliphatic rings. The van der Waals surface area contributed by atoms with Crippen LogP contribution >= 0.6 is 0 Å². The molecule has 15 heavy (non-hydrogen) atoms. The van der Waals surface area contributed by atoms with Crippen LogP contribution in [0.2, 0.25) is 0 Å². The molecular weight excluding hydrogens is 180 g/mol. The Balaban J connectivity index is 2.57. The summed E-state index contributed by atoms with van der Waals surface area (Å²) in [5.74, 6) is 2.22. The van der Waals surface area contributed by atoms with Gasteiger partial charge in [0.2, 0.25) is 0 Å². The van der Waals surface area contributed by atoms with Gasteiger partial charge in [0.05, 0.1) is 0 Å². The Bertz CT molecular complexity index is 360. The van der Waals surface area contributed by atoms with E-state index in [1.807, 2.05) is 0 Å². The Hall–Kier alpha value is -0.780. The van der Waals surface area contributed by atoms with Gasteiger partial charge in [-0.2, -0.15) is 0 Å². The van der Waals surface area contributed by atoms with Gasteiger partial charge >= 0.3 is 0 Å². The van der Waals surface area contributed by atoms with Crippen LogP contribution in [0, 0.1) is 11.8 Å². The van der Waals surface area contributed by atoms with Crippen molar-refractivity contribution in [3.8, 4) is 0 Å². The molecule has 0 bridgehead atoms. The van der Waals surface area contributed by atoms with E-state index in [2.05, 4.69) is 58.9 Å². The summed E-state index contributed by atoms with van der Waals surface area (Å²) in [6.45, 7) is 11.9. The molecule has 1 aromatic rings. The number of hydrogen-bond acceptors (Lipinski definition) is 0. The third-order valence-electron chi connectivity index (χ3n) is 4.41. The molecule has 0 heterocycles. The van der Waals surface area contributed by atoms with Crippen LogP contribution in [0.3, 0.4) is 0 Å². The van der Waals surface area contributed by atoms with Crippen molar-refractivity contribution in [2.24, 2.45) is 11.8 Å². The SMILES string of the molecule is CC(C)C1c2ccccc2C(C)(C)C1C. The fourth-order valence-corrected chi connectivity index (χ4v) is 3.27. The second kappa shape index (κ2) is 3.37. The van der Waals surface area contributed by atoms with E-state index >= 15 is 0 Å². The van der Waals surface area contributed by atoms with Crippen LogP contribution in [0.25, 0.3) is 0 Å². The van der Waals surface area contributed by atoms with E-state index in [1.165, 1.54) is 0 Å². The predicted octanol–water partition coefficient (Wildman–Crippen LogP) is 4.35. The first-order valence-electron chi connectivity index (χ1n) is 6.05. The first-order chi connectivity index (χ1) is 6.96. The summed E-state index contributed by atoms with van der Waals surface area (Å²) in [6, 6.07) is 9.00. The maximum atomic E-state index is 2.41. The third-order valence-corrected chi connectivity index (χ3v) is 4.41. The second-order valence-electron chi connectivity index (χ2n) is 5.87. The highest BCUT2D eigenvalue weighted by Crippen LogP contribution is 2.52. The normalized spacial score (nSPS) is 28.1. The van der Waals surface area contributed by atoms with E-state index in [1.54, 1.807) is 11.1 Å². The average molecular weight is 202 g/mol. The smallest absolute Gasteiger partial charge is 0.00692 e. The summed E-state index contributed by atoms with van der Waals surface area (Å²) in [7, 11) is 0. The van der Waals surface area contributed by atoms with Gasteiger partial charge < -0.3 is 0 Å². The number of hydrogen-bond donors (Lipinski definition) is 0. The Morgan fingerprint density at radius 3 is 2.33 bits per heavy atom. The molecule has 0 saturated heterocycles. The lowest BCUT2D eigenvalue weighted by Crippen LogP contribution is -2.24. The summed E-state index contributed by atoms with van der Waals surface area (Å²) >= 11 is 0. The number of fused-ring (bicyclic) bond motifs is 1. The molecule has 2 atom stereocenters. The lowest BCUT2D eigenvalue weighted by molar-refractivity contribution is 0.286. The van der Waals surface area contributed by atoms with E-state index in [0.717, 1.165) is 17.8 Å². The molecule has 2 unspecified atom stereocenters.